The summed E-state index contributed by atoms with van der Waals surface area (Å²) >= 11 is 0. The van der Waals surface area contributed by atoms with E-state index < -0.39 is 0 Å². The Kier molecular flexibility index (Phi) is 12.2. The summed E-state index contributed by atoms with van der Waals surface area (Å²) in [5, 5.41) is 8.63. The first kappa shape index (κ1) is 13.5. The SMILES string of the molecule is CC.CC(CO)CCN(C)C. The zero-order valence-corrected chi connectivity index (χ0v) is 8.59. The van der Waals surface area contributed by atoms with Gasteiger partial charge in [0.2, 0.25) is 0 Å². The minimum absolute atomic E-state index is 0.313. The molecule has 0 rings (SSSR count). The molecule has 0 spiro atoms. The van der Waals surface area contributed by atoms with Crippen molar-refractivity contribution in [2.45, 2.75) is 27.2 Å². The van der Waals surface area contributed by atoms with Crippen molar-refractivity contribution in [3.63, 3.8) is 0 Å². The van der Waals surface area contributed by atoms with E-state index in [4.69, 9.17) is 5.11 Å². The number of aliphatic hydroxyl groups is 1. The molecule has 0 saturated heterocycles. The molecule has 0 aromatic rings. The zero-order chi connectivity index (χ0) is 9.28. The van der Waals surface area contributed by atoms with Gasteiger partial charge in [0.25, 0.3) is 0 Å². The summed E-state index contributed by atoms with van der Waals surface area (Å²) < 4.78 is 0. The fourth-order valence-corrected chi connectivity index (χ4v) is 0.570. The van der Waals surface area contributed by atoms with Gasteiger partial charge in [-0.05, 0) is 33.0 Å². The average Bonchev–Trinajstić information content (AvgIpc) is 2.04. The highest BCUT2D eigenvalue weighted by molar-refractivity contribution is 4.51. The van der Waals surface area contributed by atoms with Crippen molar-refractivity contribution in [3.8, 4) is 0 Å². The van der Waals surface area contributed by atoms with E-state index in [9.17, 15) is 0 Å². The Bertz CT molecular complexity index is 64.6. The summed E-state index contributed by atoms with van der Waals surface area (Å²) in [5.74, 6) is 0.451. The third-order valence-corrected chi connectivity index (χ3v) is 1.38. The van der Waals surface area contributed by atoms with Crippen molar-refractivity contribution in [2.24, 2.45) is 5.92 Å². The second-order valence-corrected chi connectivity index (χ2v) is 2.88. The van der Waals surface area contributed by atoms with Crippen molar-refractivity contribution in [1.82, 2.24) is 4.90 Å². The Hall–Kier alpha value is -0.0800. The molecule has 0 bridgehead atoms. The minimum atomic E-state index is 0.313. The van der Waals surface area contributed by atoms with Crippen LogP contribution < -0.4 is 0 Å². The molecule has 2 nitrogen and oxygen atoms in total. The van der Waals surface area contributed by atoms with Gasteiger partial charge in [-0.3, -0.25) is 0 Å². The van der Waals surface area contributed by atoms with Gasteiger partial charge in [0, 0.05) is 6.61 Å². The number of nitrogens with zero attached hydrogens (tertiary/aromatic N) is 1. The van der Waals surface area contributed by atoms with Crippen molar-refractivity contribution in [3.05, 3.63) is 0 Å². The highest BCUT2D eigenvalue weighted by atomic mass is 16.3. The molecule has 0 aliphatic heterocycles. The number of hydrogen-bond donors (Lipinski definition) is 1. The van der Waals surface area contributed by atoms with Crippen LogP contribution in [-0.2, 0) is 0 Å². The van der Waals surface area contributed by atoms with E-state index in [0.29, 0.717) is 12.5 Å². The maximum atomic E-state index is 8.63. The van der Waals surface area contributed by atoms with Gasteiger partial charge in [0.05, 0.1) is 0 Å². The lowest BCUT2D eigenvalue weighted by molar-refractivity contribution is 0.218. The molecular formula is C9H23NO. The predicted molar refractivity (Wildman–Crippen MR) is 50.8 cm³/mol. The van der Waals surface area contributed by atoms with Crippen molar-refractivity contribution in [1.29, 1.82) is 0 Å². The Morgan fingerprint density at radius 1 is 1.27 bits per heavy atom. The molecule has 0 heterocycles. The van der Waals surface area contributed by atoms with E-state index >= 15 is 0 Å². The maximum Gasteiger partial charge on any atom is 0.0457 e. The Balaban J connectivity index is 0. The third kappa shape index (κ3) is 13.0. The van der Waals surface area contributed by atoms with Crippen LogP contribution in [0, 0.1) is 5.92 Å². The molecule has 0 saturated carbocycles. The molecule has 0 radical (unpaired) electrons. The van der Waals surface area contributed by atoms with Crippen LogP contribution in [0.3, 0.4) is 0 Å². The van der Waals surface area contributed by atoms with E-state index in [2.05, 4.69) is 11.8 Å². The first-order chi connectivity index (χ1) is 5.16. The number of hydrogen-bond acceptors (Lipinski definition) is 2. The lowest BCUT2D eigenvalue weighted by Gasteiger charge is -2.12. The van der Waals surface area contributed by atoms with Crippen molar-refractivity contribution in [2.75, 3.05) is 27.2 Å². The highest BCUT2D eigenvalue weighted by Crippen LogP contribution is 1.99. The standard InChI is InChI=1S/C7H17NO.C2H6/c1-7(6-9)4-5-8(2)3;1-2/h7,9H,4-6H2,1-3H3;1-2H3. The van der Waals surface area contributed by atoms with Gasteiger partial charge in [0.15, 0.2) is 0 Å². The smallest absolute Gasteiger partial charge is 0.0457 e. The fraction of sp³-hybridized carbons (Fsp3) is 1.00. The Morgan fingerprint density at radius 2 is 1.73 bits per heavy atom. The molecule has 2 heteroatoms. The van der Waals surface area contributed by atoms with E-state index in [1.165, 1.54) is 0 Å². The van der Waals surface area contributed by atoms with Crippen molar-refractivity contribution < 1.29 is 5.11 Å². The van der Waals surface area contributed by atoms with Crippen LogP contribution in [0.15, 0.2) is 0 Å². The lowest BCUT2D eigenvalue weighted by atomic mass is 10.1. The molecular weight excluding hydrogens is 138 g/mol. The van der Waals surface area contributed by atoms with Gasteiger partial charge in [-0.15, -0.1) is 0 Å². The summed E-state index contributed by atoms with van der Waals surface area (Å²) in [6.45, 7) is 7.44. The Labute approximate surface area is 71.2 Å². The van der Waals surface area contributed by atoms with Gasteiger partial charge in [-0.25, -0.2) is 0 Å². The lowest BCUT2D eigenvalue weighted by Crippen LogP contribution is -2.16. The largest absolute Gasteiger partial charge is 0.396 e. The topological polar surface area (TPSA) is 23.5 Å². The van der Waals surface area contributed by atoms with Crippen LogP contribution in [0.1, 0.15) is 27.2 Å². The molecule has 0 aliphatic carbocycles. The molecule has 70 valence electrons. The van der Waals surface area contributed by atoms with Crippen LogP contribution in [0.2, 0.25) is 0 Å². The first-order valence-corrected chi connectivity index (χ1v) is 4.42. The van der Waals surface area contributed by atoms with Gasteiger partial charge >= 0.3 is 0 Å². The van der Waals surface area contributed by atoms with E-state index in [0.717, 1.165) is 13.0 Å². The van der Waals surface area contributed by atoms with Crippen LogP contribution >= 0.6 is 0 Å². The van der Waals surface area contributed by atoms with E-state index in [1.54, 1.807) is 0 Å². The minimum Gasteiger partial charge on any atom is -0.396 e. The van der Waals surface area contributed by atoms with Crippen molar-refractivity contribution >= 4 is 0 Å². The maximum absolute atomic E-state index is 8.63. The molecule has 1 atom stereocenters. The summed E-state index contributed by atoms with van der Waals surface area (Å²) in [4.78, 5) is 2.13. The molecule has 0 fully saturated rings. The molecule has 0 aromatic heterocycles. The molecule has 0 aromatic carbocycles. The molecule has 1 unspecified atom stereocenters. The van der Waals surface area contributed by atoms with E-state index in [-0.39, 0.29) is 0 Å². The first-order valence-electron chi connectivity index (χ1n) is 4.42. The summed E-state index contributed by atoms with van der Waals surface area (Å²) in [6.07, 6.45) is 1.09. The van der Waals surface area contributed by atoms with Crippen LogP contribution in [0.25, 0.3) is 0 Å². The summed E-state index contributed by atoms with van der Waals surface area (Å²) in [5.41, 5.74) is 0. The van der Waals surface area contributed by atoms with Gasteiger partial charge in [-0.2, -0.15) is 0 Å². The third-order valence-electron chi connectivity index (χ3n) is 1.38. The zero-order valence-electron chi connectivity index (χ0n) is 8.59. The predicted octanol–water partition coefficient (Wildman–Crippen LogP) is 1.59. The van der Waals surface area contributed by atoms with Gasteiger partial charge in [0.1, 0.15) is 0 Å². The van der Waals surface area contributed by atoms with Gasteiger partial charge in [-0.1, -0.05) is 20.8 Å². The normalized spacial score (nSPS) is 12.3. The molecule has 11 heavy (non-hydrogen) atoms. The number of rotatable bonds is 4. The Morgan fingerprint density at radius 3 is 2.00 bits per heavy atom. The quantitative estimate of drug-likeness (QED) is 0.677. The summed E-state index contributed by atoms with van der Waals surface area (Å²) in [7, 11) is 4.09. The monoisotopic (exact) mass is 161 g/mol. The van der Waals surface area contributed by atoms with Gasteiger partial charge < -0.3 is 10.0 Å². The highest BCUT2D eigenvalue weighted by Gasteiger charge is 1.98. The van der Waals surface area contributed by atoms with Crippen LogP contribution in [0.4, 0.5) is 0 Å². The summed E-state index contributed by atoms with van der Waals surface area (Å²) in [6, 6.07) is 0. The second-order valence-electron chi connectivity index (χ2n) is 2.88. The van der Waals surface area contributed by atoms with E-state index in [1.807, 2.05) is 27.9 Å². The van der Waals surface area contributed by atoms with Crippen LogP contribution in [-0.4, -0.2) is 37.3 Å². The number of aliphatic hydroxyl groups excluding tert-OH is 1. The van der Waals surface area contributed by atoms with Crippen LogP contribution in [0.5, 0.6) is 0 Å². The molecule has 0 aliphatic rings. The second kappa shape index (κ2) is 9.92. The molecule has 0 amide bonds. The molecule has 1 N–H and O–H groups in total. The average molecular weight is 161 g/mol. The fourth-order valence-electron chi connectivity index (χ4n) is 0.570.